The molecule has 168 valence electrons. The highest BCUT2D eigenvalue weighted by Gasteiger charge is 2.18. The molecular formula is C24H29N5O3. The van der Waals surface area contributed by atoms with E-state index in [0.717, 1.165) is 37.7 Å². The van der Waals surface area contributed by atoms with Crippen molar-refractivity contribution >= 4 is 5.91 Å². The van der Waals surface area contributed by atoms with Crippen molar-refractivity contribution in [3.05, 3.63) is 60.8 Å². The number of aromatic nitrogens is 4. The zero-order chi connectivity index (χ0) is 22.0. The summed E-state index contributed by atoms with van der Waals surface area (Å²) in [4.78, 5) is 23.4. The van der Waals surface area contributed by atoms with E-state index in [4.69, 9.17) is 9.47 Å². The molecule has 32 heavy (non-hydrogen) atoms. The van der Waals surface area contributed by atoms with Gasteiger partial charge in [0, 0.05) is 31.3 Å². The first-order valence-corrected chi connectivity index (χ1v) is 11.2. The maximum absolute atomic E-state index is 13.1. The molecule has 1 aliphatic rings. The number of para-hydroxylation sites is 2. The van der Waals surface area contributed by atoms with Crippen LogP contribution in [-0.4, -0.2) is 43.7 Å². The van der Waals surface area contributed by atoms with E-state index in [-0.39, 0.29) is 5.91 Å². The largest absolute Gasteiger partial charge is 0.490 e. The summed E-state index contributed by atoms with van der Waals surface area (Å²) < 4.78 is 13.9. The third-order valence-electron chi connectivity index (χ3n) is 5.44. The van der Waals surface area contributed by atoms with E-state index in [2.05, 4.69) is 15.1 Å². The van der Waals surface area contributed by atoms with Crippen molar-refractivity contribution < 1.29 is 14.3 Å². The van der Waals surface area contributed by atoms with Crippen LogP contribution in [-0.2, 0) is 17.9 Å². The monoisotopic (exact) mass is 435 g/mol. The van der Waals surface area contributed by atoms with Crippen molar-refractivity contribution in [2.75, 3.05) is 13.2 Å². The number of benzene rings is 1. The quantitative estimate of drug-likeness (QED) is 0.610. The Balaban J connectivity index is 1.50. The maximum Gasteiger partial charge on any atom is 0.224 e. The van der Waals surface area contributed by atoms with Gasteiger partial charge in [-0.05, 0) is 37.5 Å². The Morgan fingerprint density at radius 1 is 1.03 bits per heavy atom. The number of amides is 1. The highest BCUT2D eigenvalue weighted by Crippen LogP contribution is 2.32. The van der Waals surface area contributed by atoms with Crippen LogP contribution in [0.2, 0.25) is 0 Å². The van der Waals surface area contributed by atoms with Crippen LogP contribution in [0, 0.1) is 0 Å². The van der Waals surface area contributed by atoms with Gasteiger partial charge in [0.25, 0.3) is 0 Å². The van der Waals surface area contributed by atoms with Crippen LogP contribution < -0.4 is 9.47 Å². The van der Waals surface area contributed by atoms with Gasteiger partial charge in [-0.15, -0.1) is 0 Å². The van der Waals surface area contributed by atoms with Crippen molar-refractivity contribution in [1.82, 2.24) is 24.6 Å². The molecular weight excluding hydrogens is 406 g/mol. The molecule has 8 nitrogen and oxygen atoms in total. The number of hydrogen-bond acceptors (Lipinski definition) is 6. The second-order valence-electron chi connectivity index (χ2n) is 7.86. The van der Waals surface area contributed by atoms with Crippen molar-refractivity contribution in [1.29, 1.82) is 0 Å². The SMILES string of the molecule is O=C(CCCn1cncn1)N1CCCCCCOc2ccccc2Oc2ncccc2C1. The molecule has 1 aliphatic heterocycles. The van der Waals surface area contributed by atoms with Crippen LogP contribution in [0.1, 0.15) is 44.1 Å². The maximum atomic E-state index is 13.1. The van der Waals surface area contributed by atoms with Crippen molar-refractivity contribution in [2.45, 2.75) is 51.6 Å². The summed E-state index contributed by atoms with van der Waals surface area (Å²) in [5.74, 6) is 1.98. The number of rotatable bonds is 4. The Labute approximate surface area is 188 Å². The average Bonchev–Trinajstić information content (AvgIpc) is 3.33. The molecule has 1 amide bonds. The van der Waals surface area contributed by atoms with Crippen LogP contribution in [0.4, 0.5) is 0 Å². The second kappa shape index (κ2) is 11.3. The lowest BCUT2D eigenvalue weighted by atomic mass is 10.1. The van der Waals surface area contributed by atoms with E-state index < -0.39 is 0 Å². The number of fused-ring (bicyclic) bond motifs is 2. The molecule has 3 heterocycles. The summed E-state index contributed by atoms with van der Waals surface area (Å²) >= 11 is 0. The first-order valence-electron chi connectivity index (χ1n) is 11.2. The Morgan fingerprint density at radius 2 is 1.91 bits per heavy atom. The van der Waals surface area contributed by atoms with E-state index in [1.165, 1.54) is 6.33 Å². The molecule has 0 saturated heterocycles. The first-order chi connectivity index (χ1) is 15.8. The van der Waals surface area contributed by atoms with E-state index in [0.29, 0.717) is 50.0 Å². The van der Waals surface area contributed by atoms with Crippen LogP contribution in [0.5, 0.6) is 17.4 Å². The summed E-state index contributed by atoms with van der Waals surface area (Å²) in [6, 6.07) is 11.5. The lowest BCUT2D eigenvalue weighted by molar-refractivity contribution is -0.132. The smallest absolute Gasteiger partial charge is 0.224 e. The molecule has 4 rings (SSSR count). The van der Waals surface area contributed by atoms with Crippen molar-refractivity contribution in [2.24, 2.45) is 0 Å². The van der Waals surface area contributed by atoms with Gasteiger partial charge in [0.05, 0.1) is 13.2 Å². The zero-order valence-corrected chi connectivity index (χ0v) is 18.2. The number of pyridine rings is 1. The van der Waals surface area contributed by atoms with Crippen LogP contribution in [0.15, 0.2) is 55.2 Å². The molecule has 0 N–H and O–H groups in total. The van der Waals surface area contributed by atoms with E-state index >= 15 is 0 Å². The molecule has 1 aromatic carbocycles. The van der Waals surface area contributed by atoms with Gasteiger partial charge in [-0.25, -0.2) is 9.97 Å². The summed E-state index contributed by atoms with van der Waals surface area (Å²) in [5, 5.41) is 4.11. The van der Waals surface area contributed by atoms with Crippen LogP contribution >= 0.6 is 0 Å². The molecule has 0 spiro atoms. The predicted molar refractivity (Wildman–Crippen MR) is 119 cm³/mol. The topological polar surface area (TPSA) is 82.4 Å². The molecule has 0 atom stereocenters. The summed E-state index contributed by atoms with van der Waals surface area (Å²) in [6.45, 7) is 2.50. The Morgan fingerprint density at radius 3 is 2.78 bits per heavy atom. The second-order valence-corrected chi connectivity index (χ2v) is 7.86. The molecule has 0 radical (unpaired) electrons. The molecule has 8 heteroatoms. The Bertz CT molecular complexity index is 993. The van der Waals surface area contributed by atoms with Crippen molar-refractivity contribution in [3.63, 3.8) is 0 Å². The lowest BCUT2D eigenvalue weighted by Gasteiger charge is -2.24. The molecule has 0 aliphatic carbocycles. The van der Waals surface area contributed by atoms with Gasteiger partial charge in [0.15, 0.2) is 11.5 Å². The number of ether oxygens (including phenoxy) is 2. The lowest BCUT2D eigenvalue weighted by Crippen LogP contribution is -2.31. The molecule has 3 aromatic rings. The van der Waals surface area contributed by atoms with Crippen LogP contribution in [0.25, 0.3) is 0 Å². The molecule has 0 unspecified atom stereocenters. The van der Waals surface area contributed by atoms with Gasteiger partial charge < -0.3 is 14.4 Å². The third-order valence-corrected chi connectivity index (χ3v) is 5.44. The van der Waals surface area contributed by atoms with Crippen LogP contribution in [0.3, 0.4) is 0 Å². The van der Waals surface area contributed by atoms with E-state index in [1.807, 2.05) is 41.3 Å². The first kappa shape index (κ1) is 21.8. The highest BCUT2D eigenvalue weighted by molar-refractivity contribution is 5.76. The Kier molecular flexibility index (Phi) is 7.68. The number of nitrogens with zero attached hydrogens (tertiary/aromatic N) is 5. The molecule has 0 saturated carbocycles. The minimum atomic E-state index is 0.135. The minimum Gasteiger partial charge on any atom is -0.490 e. The fourth-order valence-electron chi connectivity index (χ4n) is 3.73. The van der Waals surface area contributed by atoms with Crippen molar-refractivity contribution in [3.8, 4) is 17.4 Å². The summed E-state index contributed by atoms with van der Waals surface area (Å²) in [5.41, 5.74) is 0.879. The van der Waals surface area contributed by atoms with Gasteiger partial charge in [-0.3, -0.25) is 9.48 Å². The Hall–Kier alpha value is -3.42. The van der Waals surface area contributed by atoms with Gasteiger partial charge in [-0.2, -0.15) is 5.10 Å². The normalized spacial score (nSPS) is 14.9. The summed E-state index contributed by atoms with van der Waals surface area (Å²) in [7, 11) is 0. The number of carbonyl (C=O) groups excluding carboxylic acids is 1. The van der Waals surface area contributed by atoms with E-state index in [9.17, 15) is 4.79 Å². The number of carbonyl (C=O) groups is 1. The van der Waals surface area contributed by atoms with Gasteiger partial charge >= 0.3 is 0 Å². The van der Waals surface area contributed by atoms with E-state index in [1.54, 1.807) is 17.2 Å². The number of hydrogen-bond donors (Lipinski definition) is 0. The highest BCUT2D eigenvalue weighted by atomic mass is 16.5. The minimum absolute atomic E-state index is 0.135. The van der Waals surface area contributed by atoms with Gasteiger partial charge in [0.2, 0.25) is 11.8 Å². The standard InChI is InChI=1S/C24H29N5O3/c30-23(12-8-15-29-19-25-18-27-29)28-14-5-1-2-6-16-31-21-10-3-4-11-22(21)32-24-20(17-28)9-7-13-26-24/h3-4,7,9-11,13,18-19H,1-2,5-6,8,12,14-17H2. The van der Waals surface area contributed by atoms with Gasteiger partial charge in [-0.1, -0.05) is 31.0 Å². The molecule has 0 bridgehead atoms. The fraction of sp³-hybridized carbons (Fsp3) is 0.417. The predicted octanol–water partition coefficient (Wildman–Crippen LogP) is 4.23. The number of aryl methyl sites for hydroxylation is 1. The van der Waals surface area contributed by atoms with Gasteiger partial charge in [0.1, 0.15) is 12.7 Å². The summed E-state index contributed by atoms with van der Waals surface area (Å²) in [6.07, 6.45) is 10.1. The third kappa shape index (κ3) is 6.06. The zero-order valence-electron chi connectivity index (χ0n) is 18.2. The molecule has 2 aromatic heterocycles. The molecule has 0 fully saturated rings. The average molecular weight is 436 g/mol. The fourth-order valence-corrected chi connectivity index (χ4v) is 3.73.